The highest BCUT2D eigenvalue weighted by Gasteiger charge is 2.36. The number of benzene rings is 1. The van der Waals surface area contributed by atoms with E-state index in [9.17, 15) is 19.1 Å². The lowest BCUT2D eigenvalue weighted by Crippen LogP contribution is -2.46. The summed E-state index contributed by atoms with van der Waals surface area (Å²) in [6.45, 7) is 8.34. The molecule has 3 aromatic heterocycles. The van der Waals surface area contributed by atoms with Crippen molar-refractivity contribution >= 4 is 28.8 Å². The number of hydrogen-bond acceptors (Lipinski definition) is 9. The summed E-state index contributed by atoms with van der Waals surface area (Å²) in [5, 5.41) is 21.5. The van der Waals surface area contributed by atoms with Crippen LogP contribution in [0.2, 0.25) is 0 Å². The number of carbonyl (C=O) groups excluding carboxylic acids is 2. The van der Waals surface area contributed by atoms with Crippen LogP contribution >= 0.6 is 0 Å². The van der Waals surface area contributed by atoms with Gasteiger partial charge in [0.1, 0.15) is 18.0 Å². The van der Waals surface area contributed by atoms with E-state index in [1.807, 2.05) is 6.92 Å². The molecule has 2 aliphatic heterocycles. The molecule has 0 spiro atoms. The van der Waals surface area contributed by atoms with Crippen molar-refractivity contribution in [2.45, 2.75) is 52.1 Å². The normalized spacial score (nSPS) is 16.6. The third-order valence-electron chi connectivity index (χ3n) is 8.19. The van der Waals surface area contributed by atoms with E-state index in [0.717, 1.165) is 37.3 Å². The zero-order valence-corrected chi connectivity index (χ0v) is 24.5. The number of carbonyl (C=O) groups is 2. The van der Waals surface area contributed by atoms with E-state index < -0.39 is 11.8 Å². The smallest absolute Gasteiger partial charge is 0.261 e. The number of nitrogens with one attached hydrogen (secondary N) is 1. The Morgan fingerprint density at radius 3 is 2.77 bits per heavy atom. The molecule has 6 rings (SSSR count). The van der Waals surface area contributed by atoms with Gasteiger partial charge in [0, 0.05) is 62.8 Å². The van der Waals surface area contributed by atoms with Crippen LogP contribution in [-0.2, 0) is 19.5 Å². The first-order chi connectivity index (χ1) is 20.6. The lowest BCUT2D eigenvalue weighted by Gasteiger charge is -2.37. The van der Waals surface area contributed by atoms with Crippen LogP contribution in [-0.4, -0.2) is 91.0 Å². The first-order valence-corrected chi connectivity index (χ1v) is 14.4. The van der Waals surface area contributed by atoms with Gasteiger partial charge < -0.3 is 24.7 Å². The monoisotopic (exact) mass is 590 g/mol. The molecule has 2 N–H and O–H groups in total. The van der Waals surface area contributed by atoms with Crippen LogP contribution in [0, 0.1) is 0 Å². The first kappa shape index (κ1) is 28.7. The largest absolute Gasteiger partial charge is 0.387 e. The number of nitrogens with zero attached hydrogens (tertiary/aromatic N) is 7. The van der Waals surface area contributed by atoms with E-state index in [4.69, 9.17) is 4.52 Å². The molecule has 1 saturated heterocycles. The molecule has 1 fully saturated rings. The molecule has 226 valence electrons. The number of alkyl halides is 1. The molecule has 1 aromatic carbocycles. The van der Waals surface area contributed by atoms with Gasteiger partial charge in [-0.1, -0.05) is 12.1 Å². The fraction of sp³-hybridized carbons (Fsp3) is 0.433. The summed E-state index contributed by atoms with van der Waals surface area (Å²) in [6, 6.07) is 5.33. The number of amides is 2. The number of aromatic nitrogens is 4. The summed E-state index contributed by atoms with van der Waals surface area (Å²) in [4.78, 5) is 37.1. The van der Waals surface area contributed by atoms with Gasteiger partial charge in [0.25, 0.3) is 11.8 Å². The van der Waals surface area contributed by atoms with Crippen molar-refractivity contribution in [1.82, 2.24) is 29.6 Å². The van der Waals surface area contributed by atoms with Gasteiger partial charge in [0.05, 0.1) is 35.4 Å². The van der Waals surface area contributed by atoms with Crippen molar-refractivity contribution < 1.29 is 23.6 Å². The van der Waals surface area contributed by atoms with Crippen molar-refractivity contribution in [3.63, 3.8) is 0 Å². The number of rotatable bonds is 9. The minimum atomic E-state index is -1.61. The predicted octanol–water partition coefficient (Wildman–Crippen LogP) is 2.92. The predicted molar refractivity (Wildman–Crippen MR) is 157 cm³/mol. The lowest BCUT2D eigenvalue weighted by molar-refractivity contribution is -0.0159. The molecule has 0 saturated carbocycles. The molecule has 0 bridgehead atoms. The maximum atomic E-state index is 14.7. The number of piperazine rings is 1. The molecule has 12 nitrogen and oxygen atoms in total. The third kappa shape index (κ3) is 5.69. The summed E-state index contributed by atoms with van der Waals surface area (Å²) >= 11 is 0. The third-order valence-corrected chi connectivity index (χ3v) is 8.19. The molecular weight excluding hydrogens is 555 g/mol. The minimum absolute atomic E-state index is 0.179. The molecule has 2 aliphatic rings. The second kappa shape index (κ2) is 11.4. The van der Waals surface area contributed by atoms with Crippen molar-refractivity contribution in [3.8, 4) is 0 Å². The zero-order valence-electron chi connectivity index (χ0n) is 24.5. The topological polar surface area (TPSA) is 132 Å². The SMILES string of the molecule is CCc1nocc1CN1CCN(c2cc3c(cc2NC(=O)c2cnn4cccnc24)CN(C[C@@H](F)C(C)(C)O)C3=O)CC1. The van der Waals surface area contributed by atoms with Gasteiger partial charge in [-0.25, -0.2) is 13.9 Å². The van der Waals surface area contributed by atoms with Crippen LogP contribution in [0.5, 0.6) is 0 Å². The van der Waals surface area contributed by atoms with E-state index >= 15 is 0 Å². The highest BCUT2D eigenvalue weighted by Crippen LogP contribution is 2.36. The molecule has 4 aromatic rings. The number of hydrogen-bond donors (Lipinski definition) is 2. The summed E-state index contributed by atoms with van der Waals surface area (Å²) in [7, 11) is 0. The van der Waals surface area contributed by atoms with Gasteiger partial charge >= 0.3 is 0 Å². The molecular formula is C30H35FN8O4. The van der Waals surface area contributed by atoms with Crippen LogP contribution in [0.25, 0.3) is 5.65 Å². The van der Waals surface area contributed by atoms with Crippen molar-refractivity contribution in [2.75, 3.05) is 42.9 Å². The van der Waals surface area contributed by atoms with Gasteiger partial charge in [0.15, 0.2) is 5.65 Å². The number of anilines is 2. The Hall–Kier alpha value is -4.36. The molecule has 0 unspecified atom stereocenters. The molecule has 0 radical (unpaired) electrons. The van der Waals surface area contributed by atoms with E-state index in [-0.39, 0.29) is 24.9 Å². The van der Waals surface area contributed by atoms with E-state index in [0.29, 0.717) is 46.8 Å². The van der Waals surface area contributed by atoms with E-state index in [1.165, 1.54) is 29.5 Å². The van der Waals surface area contributed by atoms with Gasteiger partial charge in [-0.3, -0.25) is 14.5 Å². The quantitative estimate of drug-likeness (QED) is 0.302. The van der Waals surface area contributed by atoms with Gasteiger partial charge in [-0.15, -0.1) is 0 Å². The standard InChI is InChI=1S/C30H35FN8O4/c1-4-23-20(18-43-35-23)15-36-8-10-37(11-9-36)25-13-21-19(16-38(29(21)41)17-26(31)30(2,3)42)12-24(25)34-28(40)22-14-33-39-7-5-6-32-27(22)39/h5-7,12-14,18,26,42H,4,8-11,15-17H2,1-3H3,(H,34,40)/t26-/m1/s1. The highest BCUT2D eigenvalue weighted by molar-refractivity contribution is 6.10. The fourth-order valence-electron chi connectivity index (χ4n) is 5.60. The van der Waals surface area contributed by atoms with Gasteiger partial charge in [-0.2, -0.15) is 5.10 Å². The first-order valence-electron chi connectivity index (χ1n) is 14.4. The van der Waals surface area contributed by atoms with Crippen LogP contribution in [0.15, 0.2) is 47.6 Å². The Labute approximate surface area is 248 Å². The number of aliphatic hydroxyl groups is 1. The Bertz CT molecular complexity index is 1650. The Kier molecular flexibility index (Phi) is 7.61. The summed E-state index contributed by atoms with van der Waals surface area (Å²) < 4.78 is 21.4. The highest BCUT2D eigenvalue weighted by atomic mass is 19.1. The number of aryl methyl sites for hydroxylation is 1. The van der Waals surface area contributed by atoms with Crippen molar-refractivity contribution in [3.05, 3.63) is 71.0 Å². The molecule has 13 heteroatoms. The van der Waals surface area contributed by atoms with E-state index in [1.54, 1.807) is 36.9 Å². The molecule has 2 amide bonds. The van der Waals surface area contributed by atoms with Crippen LogP contribution < -0.4 is 10.2 Å². The van der Waals surface area contributed by atoms with Crippen LogP contribution in [0.3, 0.4) is 0 Å². The Morgan fingerprint density at radius 1 is 1.23 bits per heavy atom. The minimum Gasteiger partial charge on any atom is -0.387 e. The Balaban J connectivity index is 1.27. The fourth-order valence-corrected chi connectivity index (χ4v) is 5.60. The average molecular weight is 591 g/mol. The maximum absolute atomic E-state index is 14.7. The molecule has 1 atom stereocenters. The average Bonchev–Trinajstić information content (AvgIpc) is 3.70. The maximum Gasteiger partial charge on any atom is 0.261 e. The number of halogens is 1. The van der Waals surface area contributed by atoms with Crippen LogP contribution in [0.4, 0.5) is 15.8 Å². The van der Waals surface area contributed by atoms with Crippen molar-refractivity contribution in [2.24, 2.45) is 0 Å². The zero-order chi connectivity index (χ0) is 30.3. The summed E-state index contributed by atoms with van der Waals surface area (Å²) in [5.41, 5.74) is 3.61. The molecule has 0 aliphatic carbocycles. The van der Waals surface area contributed by atoms with Gasteiger partial charge in [-0.05, 0) is 44.0 Å². The van der Waals surface area contributed by atoms with Crippen molar-refractivity contribution in [1.29, 1.82) is 0 Å². The second-order valence-electron chi connectivity index (χ2n) is 11.6. The molecule has 43 heavy (non-hydrogen) atoms. The summed E-state index contributed by atoms with van der Waals surface area (Å²) in [5.74, 6) is -0.675. The lowest BCUT2D eigenvalue weighted by atomic mass is 10.0. The van der Waals surface area contributed by atoms with E-state index in [2.05, 4.69) is 30.4 Å². The molecule has 5 heterocycles. The summed E-state index contributed by atoms with van der Waals surface area (Å²) in [6.07, 6.45) is 5.68. The van der Waals surface area contributed by atoms with Crippen LogP contribution in [0.1, 0.15) is 58.3 Å². The Morgan fingerprint density at radius 2 is 2.02 bits per heavy atom. The van der Waals surface area contributed by atoms with Gasteiger partial charge in [0.2, 0.25) is 0 Å². The second-order valence-corrected chi connectivity index (χ2v) is 11.6. The number of fused-ring (bicyclic) bond motifs is 2.